The zero-order chi connectivity index (χ0) is 33.6. The van der Waals surface area contributed by atoms with Gasteiger partial charge >= 0.3 is 7.12 Å². The van der Waals surface area contributed by atoms with E-state index in [-0.39, 0.29) is 6.04 Å². The van der Waals surface area contributed by atoms with Crippen molar-refractivity contribution in [1.82, 2.24) is 0 Å². The van der Waals surface area contributed by atoms with Crippen molar-refractivity contribution in [3.63, 3.8) is 0 Å². The van der Waals surface area contributed by atoms with Crippen LogP contribution < -0.4 is 15.3 Å². The van der Waals surface area contributed by atoms with E-state index >= 15 is 0 Å². The Balaban J connectivity index is 1.73. The molecule has 4 nitrogen and oxygen atoms in total. The Hall–Kier alpha value is -4.24. The molecule has 0 amide bonds. The van der Waals surface area contributed by atoms with Crippen molar-refractivity contribution in [2.24, 2.45) is 0 Å². The highest BCUT2D eigenvalue weighted by molar-refractivity contribution is 6.62. The van der Waals surface area contributed by atoms with Crippen LogP contribution in [-0.2, 0) is 9.31 Å². The fraction of sp³-hybridized carbons (Fsp3) is 0.333. The first kappa shape index (κ1) is 34.1. The lowest BCUT2D eigenvalue weighted by Gasteiger charge is -2.35. The first-order valence-electron chi connectivity index (χ1n) is 16.9. The van der Waals surface area contributed by atoms with Crippen LogP contribution in [0.1, 0.15) is 67.7 Å². The zero-order valence-corrected chi connectivity index (χ0v) is 29.4. The van der Waals surface area contributed by atoms with E-state index in [0.717, 1.165) is 35.4 Å². The lowest BCUT2D eigenvalue weighted by molar-refractivity contribution is 0.00578. The van der Waals surface area contributed by atoms with E-state index < -0.39 is 18.3 Å². The van der Waals surface area contributed by atoms with Gasteiger partial charge < -0.3 is 19.1 Å². The molecule has 1 atom stereocenters. The average molecular weight is 625 g/mol. The number of hydrogen-bond donors (Lipinski definition) is 0. The van der Waals surface area contributed by atoms with Gasteiger partial charge in [0.25, 0.3) is 0 Å². The van der Waals surface area contributed by atoms with Gasteiger partial charge in [-0.1, -0.05) is 104 Å². The summed E-state index contributed by atoms with van der Waals surface area (Å²) in [6.45, 7) is 15.0. The SMILES string of the molecule is C/C=C\C=C/C(C)N(/C1=C(CC)/C=C\CC#CC1)c1cc(B2OC(C)(C)C(C)(C)O2)cc(N(C)c2ccccc2-c2ccccc2)c1. The van der Waals surface area contributed by atoms with Crippen LogP contribution in [0.15, 0.2) is 121 Å². The predicted molar refractivity (Wildman–Crippen MR) is 201 cm³/mol. The van der Waals surface area contributed by atoms with E-state index in [9.17, 15) is 0 Å². The molecule has 3 aromatic rings. The van der Waals surface area contributed by atoms with E-state index in [1.54, 1.807) is 0 Å². The van der Waals surface area contributed by atoms with Gasteiger partial charge in [0, 0.05) is 54.3 Å². The lowest BCUT2D eigenvalue weighted by atomic mass is 9.78. The number of allylic oxidation sites excluding steroid dienone is 7. The van der Waals surface area contributed by atoms with Crippen LogP contribution in [0.2, 0.25) is 0 Å². The Labute approximate surface area is 283 Å². The zero-order valence-electron chi connectivity index (χ0n) is 29.4. The van der Waals surface area contributed by atoms with Crippen LogP contribution in [0.3, 0.4) is 0 Å². The van der Waals surface area contributed by atoms with Crippen molar-refractivity contribution in [3.8, 4) is 23.0 Å². The summed E-state index contributed by atoms with van der Waals surface area (Å²) in [4.78, 5) is 4.74. The molecule has 5 rings (SSSR count). The number of nitrogens with zero attached hydrogens (tertiary/aromatic N) is 2. The second kappa shape index (κ2) is 14.7. The molecule has 0 spiro atoms. The molecular weight excluding hydrogens is 575 g/mol. The van der Waals surface area contributed by atoms with Crippen molar-refractivity contribution in [3.05, 3.63) is 121 Å². The quantitative estimate of drug-likeness (QED) is 0.127. The standard InChI is InChI=1S/C42H49BN2O2/c1-9-11-15-22-32(3)45(39-27-19-13-12-16-23-33(39)10-2)37-30-35(43-46-41(4,5)42(6,7)47-43)29-36(31-37)44(8)40-28-21-20-26-38(40)34-24-17-14-18-25-34/h9,11,14-18,20-26,28-32H,10,12,27H2,1-8H3/b11-9-,22-15-,23-16-,39-33+. The molecule has 1 aliphatic carbocycles. The van der Waals surface area contributed by atoms with E-state index in [4.69, 9.17) is 9.31 Å². The monoisotopic (exact) mass is 624 g/mol. The Morgan fingerprint density at radius 2 is 1.57 bits per heavy atom. The molecule has 2 aliphatic rings. The van der Waals surface area contributed by atoms with Crippen LogP contribution in [0.5, 0.6) is 0 Å². The molecule has 242 valence electrons. The molecule has 0 saturated carbocycles. The second-order valence-electron chi connectivity index (χ2n) is 13.3. The maximum Gasteiger partial charge on any atom is 0.494 e. The molecule has 0 bridgehead atoms. The van der Waals surface area contributed by atoms with Crippen LogP contribution in [0.4, 0.5) is 17.1 Å². The highest BCUT2D eigenvalue weighted by atomic mass is 16.7. The number of rotatable bonds is 10. The molecule has 1 heterocycles. The third-order valence-corrected chi connectivity index (χ3v) is 9.53. The number of benzene rings is 3. The summed E-state index contributed by atoms with van der Waals surface area (Å²) in [5, 5.41) is 0. The van der Waals surface area contributed by atoms with Crippen molar-refractivity contribution in [1.29, 1.82) is 0 Å². The molecule has 47 heavy (non-hydrogen) atoms. The first-order chi connectivity index (χ1) is 22.6. The van der Waals surface area contributed by atoms with Gasteiger partial charge in [-0.15, -0.1) is 0 Å². The maximum atomic E-state index is 6.65. The summed E-state index contributed by atoms with van der Waals surface area (Å²) in [5.74, 6) is 6.79. The van der Waals surface area contributed by atoms with Crippen LogP contribution >= 0.6 is 0 Å². The number of hydrogen-bond acceptors (Lipinski definition) is 4. The molecule has 0 aromatic heterocycles. The van der Waals surface area contributed by atoms with Gasteiger partial charge in [0.2, 0.25) is 0 Å². The van der Waals surface area contributed by atoms with Crippen LogP contribution in [0, 0.1) is 11.8 Å². The van der Waals surface area contributed by atoms with Gasteiger partial charge in [0.15, 0.2) is 0 Å². The Morgan fingerprint density at radius 1 is 0.894 bits per heavy atom. The largest absolute Gasteiger partial charge is 0.494 e. The van der Waals surface area contributed by atoms with Gasteiger partial charge in [0.1, 0.15) is 0 Å². The summed E-state index contributed by atoms with van der Waals surface area (Å²) in [7, 11) is 1.64. The maximum absolute atomic E-state index is 6.65. The average Bonchev–Trinajstić information content (AvgIpc) is 3.28. The van der Waals surface area contributed by atoms with Crippen molar-refractivity contribution < 1.29 is 9.31 Å². The van der Waals surface area contributed by atoms with Crippen molar-refractivity contribution in [2.45, 2.75) is 85.0 Å². The van der Waals surface area contributed by atoms with Crippen molar-refractivity contribution in [2.75, 3.05) is 16.8 Å². The third-order valence-electron chi connectivity index (χ3n) is 9.53. The molecular formula is C42H49BN2O2. The highest BCUT2D eigenvalue weighted by Crippen LogP contribution is 2.40. The Kier molecular flexibility index (Phi) is 10.7. The van der Waals surface area contributed by atoms with Gasteiger partial charge in [-0.3, -0.25) is 0 Å². The molecule has 1 saturated heterocycles. The second-order valence-corrected chi connectivity index (χ2v) is 13.3. The third kappa shape index (κ3) is 7.51. The van der Waals surface area contributed by atoms with Gasteiger partial charge in [-0.2, -0.15) is 0 Å². The first-order valence-corrected chi connectivity index (χ1v) is 16.9. The number of para-hydroxylation sites is 1. The molecule has 5 heteroatoms. The fourth-order valence-electron chi connectivity index (χ4n) is 6.14. The molecule has 3 aromatic carbocycles. The van der Waals surface area contributed by atoms with Gasteiger partial charge in [-0.25, -0.2) is 0 Å². The minimum Gasteiger partial charge on any atom is -0.399 e. The predicted octanol–water partition coefficient (Wildman–Crippen LogP) is 9.77. The smallest absolute Gasteiger partial charge is 0.399 e. The summed E-state index contributed by atoms with van der Waals surface area (Å²) in [6, 6.07) is 26.0. The van der Waals surface area contributed by atoms with Gasteiger partial charge in [-0.05, 0) is 88.8 Å². The minimum absolute atomic E-state index is 0.0562. The molecule has 1 unspecified atom stereocenters. The van der Waals surface area contributed by atoms with Crippen molar-refractivity contribution >= 4 is 29.6 Å². The molecule has 1 fully saturated rings. The van der Waals surface area contributed by atoms with E-state index in [0.29, 0.717) is 6.42 Å². The molecule has 0 radical (unpaired) electrons. The van der Waals surface area contributed by atoms with E-state index in [1.165, 1.54) is 22.4 Å². The number of anilines is 3. The van der Waals surface area contributed by atoms with E-state index in [2.05, 4.69) is 179 Å². The lowest BCUT2D eigenvalue weighted by Crippen LogP contribution is -2.41. The van der Waals surface area contributed by atoms with Crippen LogP contribution in [-0.4, -0.2) is 31.4 Å². The highest BCUT2D eigenvalue weighted by Gasteiger charge is 2.52. The Morgan fingerprint density at radius 3 is 2.28 bits per heavy atom. The summed E-state index contributed by atoms with van der Waals surface area (Å²) < 4.78 is 13.3. The Bertz CT molecular complexity index is 1720. The van der Waals surface area contributed by atoms with Crippen LogP contribution in [0.25, 0.3) is 11.1 Å². The van der Waals surface area contributed by atoms with Gasteiger partial charge in [0.05, 0.1) is 11.2 Å². The normalized spacial score (nSPS) is 20.0. The topological polar surface area (TPSA) is 24.9 Å². The minimum atomic E-state index is -0.510. The fourth-order valence-corrected chi connectivity index (χ4v) is 6.14. The summed E-state index contributed by atoms with van der Waals surface area (Å²) in [6.07, 6.45) is 15.4. The molecule has 0 N–H and O–H groups in total. The molecule has 1 aliphatic heterocycles. The summed E-state index contributed by atoms with van der Waals surface area (Å²) >= 11 is 0. The summed E-state index contributed by atoms with van der Waals surface area (Å²) in [5.41, 5.74) is 8.20. The van der Waals surface area contributed by atoms with E-state index in [1.807, 2.05) is 6.92 Å².